The summed E-state index contributed by atoms with van der Waals surface area (Å²) in [6.45, 7) is 10.3. The fraction of sp³-hybridized carbons (Fsp3) is 0.429. The van der Waals surface area contributed by atoms with Gasteiger partial charge in [-0.15, -0.1) is 0 Å². The number of nitrogens with one attached hydrogen (secondary N) is 1. The normalized spacial score (nSPS) is 8.96. The predicted octanol–water partition coefficient (Wildman–Crippen LogP) is 4.21. The molecule has 0 aliphatic rings. The lowest BCUT2D eigenvalue weighted by Crippen LogP contribution is -2.21. The molecule has 0 saturated heterocycles. The summed E-state index contributed by atoms with van der Waals surface area (Å²) in [5, 5.41) is 10.3. The molecule has 2 rings (SSSR count). The Balaban J connectivity index is 0. The average molecular weight is 369 g/mol. The third-order valence-corrected chi connectivity index (χ3v) is 3.06. The third kappa shape index (κ3) is 13.5. The van der Waals surface area contributed by atoms with E-state index >= 15 is 0 Å². The molecule has 0 bridgehead atoms. The van der Waals surface area contributed by atoms with Crippen LogP contribution < -0.4 is 11.1 Å². The van der Waals surface area contributed by atoms with Crippen LogP contribution in [0.15, 0.2) is 42.5 Å². The van der Waals surface area contributed by atoms with Crippen LogP contribution in [0.5, 0.6) is 0 Å². The second-order valence-corrected chi connectivity index (χ2v) is 5.09. The summed E-state index contributed by atoms with van der Waals surface area (Å²) < 4.78 is 24.4. The summed E-state index contributed by atoms with van der Waals surface area (Å²) in [6, 6.07) is 12.1. The van der Waals surface area contributed by atoms with Gasteiger partial charge in [-0.05, 0) is 42.2 Å². The first-order valence-electron chi connectivity index (χ1n) is 8.91. The first kappa shape index (κ1) is 26.4. The van der Waals surface area contributed by atoms with Crippen LogP contribution in [-0.2, 0) is 13.0 Å². The highest BCUT2D eigenvalue weighted by Gasteiger charge is 1.94. The number of nitrogens with two attached hydrogens (primary N) is 1. The van der Waals surface area contributed by atoms with Crippen LogP contribution in [0.2, 0.25) is 0 Å². The van der Waals surface area contributed by atoms with Crippen molar-refractivity contribution in [3.05, 3.63) is 70.8 Å². The Labute approximate surface area is 157 Å². The van der Waals surface area contributed by atoms with Gasteiger partial charge in [0.2, 0.25) is 0 Å². The lowest BCUT2D eigenvalue weighted by Gasteiger charge is -2.04. The summed E-state index contributed by atoms with van der Waals surface area (Å²) in [6.07, 6.45) is 1.10. The van der Waals surface area contributed by atoms with Gasteiger partial charge < -0.3 is 16.2 Å². The monoisotopic (exact) mass is 368 g/mol. The minimum absolute atomic E-state index is 0.521. The van der Waals surface area contributed by atoms with E-state index in [0.29, 0.717) is 12.1 Å². The van der Waals surface area contributed by atoms with Crippen LogP contribution in [0.25, 0.3) is 0 Å². The lowest BCUT2D eigenvalue weighted by molar-refractivity contribution is 0.399. The van der Waals surface area contributed by atoms with Crippen molar-refractivity contribution in [3.63, 3.8) is 0 Å². The van der Waals surface area contributed by atoms with Gasteiger partial charge in [-0.1, -0.05) is 45.0 Å². The zero-order valence-corrected chi connectivity index (χ0v) is 16.7. The number of rotatable bonds is 5. The van der Waals surface area contributed by atoms with Gasteiger partial charge in [-0.2, -0.15) is 0 Å². The fourth-order valence-electron chi connectivity index (χ4n) is 1.99. The molecule has 0 amide bonds. The molecule has 0 saturated carbocycles. The predicted molar refractivity (Wildman–Crippen MR) is 107 cm³/mol. The summed E-state index contributed by atoms with van der Waals surface area (Å²) in [4.78, 5) is 0. The van der Waals surface area contributed by atoms with E-state index in [1.807, 2.05) is 13.8 Å². The first-order chi connectivity index (χ1) is 12.5. The minimum Gasteiger partial charge on any atom is -0.400 e. The summed E-state index contributed by atoms with van der Waals surface area (Å²) in [7, 11) is 1.00. The molecule has 0 fully saturated rings. The molecule has 2 aromatic carbocycles. The molecule has 0 spiro atoms. The fourth-order valence-corrected chi connectivity index (χ4v) is 1.99. The number of aryl methyl sites for hydroxylation is 2. The van der Waals surface area contributed by atoms with E-state index in [9.17, 15) is 8.78 Å². The van der Waals surface area contributed by atoms with Crippen LogP contribution in [-0.4, -0.2) is 25.3 Å². The second-order valence-electron chi connectivity index (χ2n) is 5.09. The van der Waals surface area contributed by atoms with E-state index in [0.717, 1.165) is 32.7 Å². The molecule has 148 valence electrons. The molecule has 0 aliphatic carbocycles. The molecule has 4 N–H and O–H groups in total. The largest absolute Gasteiger partial charge is 0.400 e. The molecule has 0 heterocycles. The van der Waals surface area contributed by atoms with Crippen molar-refractivity contribution < 1.29 is 13.9 Å². The maximum atomic E-state index is 12.2. The van der Waals surface area contributed by atoms with Gasteiger partial charge in [0.15, 0.2) is 0 Å². The Morgan fingerprint density at radius 1 is 0.962 bits per heavy atom. The topological polar surface area (TPSA) is 58.3 Å². The van der Waals surface area contributed by atoms with E-state index in [1.165, 1.54) is 23.3 Å². The van der Waals surface area contributed by atoms with Crippen LogP contribution in [0.4, 0.5) is 8.78 Å². The van der Waals surface area contributed by atoms with Crippen molar-refractivity contribution in [2.75, 3.05) is 20.2 Å². The third-order valence-electron chi connectivity index (χ3n) is 3.06. The van der Waals surface area contributed by atoms with E-state index < -0.39 is 11.6 Å². The summed E-state index contributed by atoms with van der Waals surface area (Å²) >= 11 is 0. The van der Waals surface area contributed by atoms with Crippen molar-refractivity contribution in [2.45, 2.75) is 40.7 Å². The average Bonchev–Trinajstić information content (AvgIpc) is 2.65. The quantitative estimate of drug-likeness (QED) is 0.693. The van der Waals surface area contributed by atoms with Crippen LogP contribution in [0.3, 0.4) is 0 Å². The maximum Gasteiger partial charge on any atom is 0.126 e. The molecule has 2 aromatic rings. The highest BCUT2D eigenvalue weighted by atomic mass is 19.1. The van der Waals surface area contributed by atoms with Gasteiger partial charge in [0.05, 0.1) is 0 Å². The van der Waals surface area contributed by atoms with Gasteiger partial charge in [-0.3, -0.25) is 0 Å². The van der Waals surface area contributed by atoms with Gasteiger partial charge in [-0.25, -0.2) is 8.78 Å². The minimum atomic E-state index is -0.521. The zero-order valence-electron chi connectivity index (χ0n) is 16.7. The molecule has 26 heavy (non-hydrogen) atoms. The van der Waals surface area contributed by atoms with E-state index in [1.54, 1.807) is 6.92 Å². The van der Waals surface area contributed by atoms with Gasteiger partial charge >= 0.3 is 0 Å². The molecular formula is C21H34F2N2O. The molecule has 0 radical (unpaired) electrons. The van der Waals surface area contributed by atoms with Crippen LogP contribution in [0, 0.1) is 18.6 Å². The Morgan fingerprint density at radius 2 is 1.50 bits per heavy atom. The Kier molecular flexibility index (Phi) is 18.3. The summed E-state index contributed by atoms with van der Waals surface area (Å²) in [5.41, 5.74) is 8.73. The number of halogens is 2. The number of hydrogen-bond acceptors (Lipinski definition) is 3. The zero-order chi connectivity index (χ0) is 20.4. The molecular weight excluding hydrogens is 334 g/mol. The van der Waals surface area contributed by atoms with Crippen LogP contribution in [0.1, 0.15) is 37.5 Å². The van der Waals surface area contributed by atoms with Gasteiger partial charge in [0, 0.05) is 32.8 Å². The Hall–Kier alpha value is -1.82. The standard InChI is InChI=1S/C11H18N2.C7H6F2.C2H6.CH4O/c1-2-10-4-3-5-11(8-10)9-13-7-6-12;1-5-2-6(8)4-7(9)3-5;2*1-2/h3-5,8,13H,2,6-7,9,12H2,1H3;2-4H,1H3;1-2H3;2H,1H3. The van der Waals surface area contributed by atoms with Crippen molar-refractivity contribution in [1.82, 2.24) is 5.32 Å². The second kappa shape index (κ2) is 18.0. The van der Waals surface area contributed by atoms with Crippen molar-refractivity contribution in [1.29, 1.82) is 0 Å². The van der Waals surface area contributed by atoms with Crippen molar-refractivity contribution >= 4 is 0 Å². The molecule has 0 atom stereocenters. The van der Waals surface area contributed by atoms with E-state index in [-0.39, 0.29) is 0 Å². The smallest absolute Gasteiger partial charge is 0.126 e. The lowest BCUT2D eigenvalue weighted by atomic mass is 10.1. The number of aliphatic hydroxyl groups excluding tert-OH is 1. The van der Waals surface area contributed by atoms with E-state index in [4.69, 9.17) is 10.8 Å². The molecule has 3 nitrogen and oxygen atoms in total. The number of aliphatic hydroxyl groups is 1. The Bertz CT molecular complexity index is 527. The molecule has 0 aliphatic heterocycles. The van der Waals surface area contributed by atoms with Crippen molar-refractivity contribution in [3.8, 4) is 0 Å². The molecule has 0 unspecified atom stereocenters. The highest BCUT2D eigenvalue weighted by Crippen LogP contribution is 2.06. The Morgan fingerprint density at radius 3 is 1.96 bits per heavy atom. The molecule has 5 heteroatoms. The number of hydrogen-bond donors (Lipinski definition) is 3. The SMILES string of the molecule is CC.CCc1cccc(CNCCN)c1.CO.Cc1cc(F)cc(F)c1. The van der Waals surface area contributed by atoms with E-state index in [2.05, 4.69) is 36.5 Å². The van der Waals surface area contributed by atoms with Crippen LogP contribution >= 0.6 is 0 Å². The molecule has 0 aromatic heterocycles. The van der Waals surface area contributed by atoms with Crippen molar-refractivity contribution in [2.24, 2.45) is 5.73 Å². The van der Waals surface area contributed by atoms with Gasteiger partial charge in [0.25, 0.3) is 0 Å². The summed E-state index contributed by atoms with van der Waals surface area (Å²) in [5.74, 6) is -1.04. The number of benzene rings is 2. The van der Waals surface area contributed by atoms with Gasteiger partial charge in [0.1, 0.15) is 11.6 Å². The highest BCUT2D eigenvalue weighted by molar-refractivity contribution is 5.23. The first-order valence-corrected chi connectivity index (χ1v) is 8.91. The maximum absolute atomic E-state index is 12.2.